The van der Waals surface area contributed by atoms with Gasteiger partial charge in [-0.3, -0.25) is 9.89 Å². The molecule has 7 heteroatoms. The molecule has 0 spiro atoms. The molecule has 0 saturated heterocycles. The van der Waals surface area contributed by atoms with E-state index in [0.29, 0.717) is 12.5 Å². The van der Waals surface area contributed by atoms with Crippen LogP contribution in [0.1, 0.15) is 23.0 Å². The summed E-state index contributed by atoms with van der Waals surface area (Å²) >= 11 is 0. The monoisotopic (exact) mass is 269 g/mol. The average molecular weight is 269 g/mol. The van der Waals surface area contributed by atoms with Crippen molar-refractivity contribution in [1.29, 1.82) is 0 Å². The summed E-state index contributed by atoms with van der Waals surface area (Å²) in [4.78, 5) is 11.7. The number of rotatable bonds is 3. The van der Waals surface area contributed by atoms with Gasteiger partial charge in [0.15, 0.2) is 23.3 Å². The molecule has 1 amide bonds. The lowest BCUT2D eigenvalue weighted by Gasteiger charge is -2.04. The molecule has 100 valence electrons. The fraction of sp³-hybridized carbons (Fsp3) is 0.167. The van der Waals surface area contributed by atoms with Gasteiger partial charge in [-0.2, -0.15) is 5.10 Å². The highest BCUT2D eigenvalue weighted by Crippen LogP contribution is 2.16. The topological polar surface area (TPSA) is 57.8 Å². The van der Waals surface area contributed by atoms with E-state index in [0.717, 1.165) is 11.8 Å². The Bertz CT molecular complexity index is 625. The Hall–Kier alpha value is -2.31. The van der Waals surface area contributed by atoms with Crippen molar-refractivity contribution in [3.8, 4) is 0 Å². The van der Waals surface area contributed by atoms with Crippen LogP contribution in [-0.2, 0) is 6.42 Å². The van der Waals surface area contributed by atoms with Gasteiger partial charge in [-0.1, -0.05) is 6.92 Å². The molecule has 0 saturated carbocycles. The van der Waals surface area contributed by atoms with Crippen LogP contribution in [0.2, 0.25) is 0 Å². The maximum atomic E-state index is 13.4. The number of carbonyl (C=O) groups excluding carboxylic acids is 1. The van der Waals surface area contributed by atoms with Crippen molar-refractivity contribution in [2.24, 2.45) is 0 Å². The zero-order valence-electron chi connectivity index (χ0n) is 9.93. The maximum Gasteiger partial charge on any atom is 0.259 e. The number of nitrogens with zero attached hydrogens (tertiary/aromatic N) is 1. The number of nitrogens with one attached hydrogen (secondary N) is 2. The van der Waals surface area contributed by atoms with E-state index in [9.17, 15) is 18.0 Å². The highest BCUT2D eigenvalue weighted by Gasteiger charge is 2.19. The van der Waals surface area contributed by atoms with Gasteiger partial charge in [0.1, 0.15) is 0 Å². The van der Waals surface area contributed by atoms with Crippen LogP contribution in [0.25, 0.3) is 0 Å². The van der Waals surface area contributed by atoms with E-state index in [1.807, 2.05) is 6.92 Å². The first-order valence-corrected chi connectivity index (χ1v) is 5.52. The molecule has 2 rings (SSSR count). The first-order valence-electron chi connectivity index (χ1n) is 5.52. The van der Waals surface area contributed by atoms with Crippen molar-refractivity contribution in [3.05, 3.63) is 46.9 Å². The summed E-state index contributed by atoms with van der Waals surface area (Å²) < 4.78 is 39.1. The largest absolute Gasteiger partial charge is 0.305 e. The third kappa shape index (κ3) is 2.59. The van der Waals surface area contributed by atoms with Gasteiger partial charge in [-0.15, -0.1) is 0 Å². The van der Waals surface area contributed by atoms with Gasteiger partial charge in [0.2, 0.25) is 0 Å². The van der Waals surface area contributed by atoms with Crippen LogP contribution < -0.4 is 5.32 Å². The predicted molar refractivity (Wildman–Crippen MR) is 62.2 cm³/mol. The Morgan fingerprint density at radius 2 is 2.05 bits per heavy atom. The average Bonchev–Trinajstić information content (AvgIpc) is 2.83. The first kappa shape index (κ1) is 13.1. The molecule has 0 aliphatic heterocycles. The lowest BCUT2D eigenvalue weighted by Crippen LogP contribution is -2.15. The molecule has 2 aromatic rings. The highest BCUT2D eigenvalue weighted by atomic mass is 19.2. The van der Waals surface area contributed by atoms with Crippen LogP contribution in [0, 0.1) is 17.5 Å². The van der Waals surface area contributed by atoms with Crippen molar-refractivity contribution in [1.82, 2.24) is 10.2 Å². The molecular weight excluding hydrogens is 259 g/mol. The van der Waals surface area contributed by atoms with E-state index in [2.05, 4.69) is 15.5 Å². The molecule has 0 radical (unpaired) electrons. The number of benzene rings is 1. The Kier molecular flexibility index (Phi) is 3.55. The van der Waals surface area contributed by atoms with Crippen molar-refractivity contribution in [2.75, 3.05) is 5.32 Å². The SMILES string of the molecule is CCc1cc(NC(=O)c2ccc(F)c(F)c2F)n[nH]1. The van der Waals surface area contributed by atoms with E-state index in [-0.39, 0.29) is 5.82 Å². The molecule has 0 bridgehead atoms. The van der Waals surface area contributed by atoms with Crippen LogP contribution in [0.4, 0.5) is 19.0 Å². The number of halogens is 3. The van der Waals surface area contributed by atoms with Gasteiger partial charge in [-0.25, -0.2) is 13.2 Å². The smallest absolute Gasteiger partial charge is 0.259 e. The van der Waals surface area contributed by atoms with Gasteiger partial charge in [0.05, 0.1) is 5.56 Å². The minimum Gasteiger partial charge on any atom is -0.305 e. The lowest BCUT2D eigenvalue weighted by atomic mass is 10.2. The minimum absolute atomic E-state index is 0.186. The van der Waals surface area contributed by atoms with Crippen molar-refractivity contribution in [3.63, 3.8) is 0 Å². The molecule has 1 aromatic carbocycles. The number of hydrogen-bond acceptors (Lipinski definition) is 2. The summed E-state index contributed by atoms with van der Waals surface area (Å²) in [6.45, 7) is 1.88. The molecule has 0 aliphatic rings. The quantitative estimate of drug-likeness (QED) is 0.841. The van der Waals surface area contributed by atoms with Gasteiger partial charge >= 0.3 is 0 Å². The van der Waals surface area contributed by atoms with Crippen LogP contribution in [-0.4, -0.2) is 16.1 Å². The normalized spacial score (nSPS) is 10.5. The molecule has 2 N–H and O–H groups in total. The van der Waals surface area contributed by atoms with Gasteiger partial charge in [0, 0.05) is 11.8 Å². The summed E-state index contributed by atoms with van der Waals surface area (Å²) in [6.07, 6.45) is 0.683. The summed E-state index contributed by atoms with van der Waals surface area (Å²) in [5, 5.41) is 8.72. The number of amides is 1. The number of aryl methyl sites for hydroxylation is 1. The number of aromatic amines is 1. The number of H-pyrrole nitrogens is 1. The summed E-state index contributed by atoms with van der Waals surface area (Å²) in [7, 11) is 0. The lowest BCUT2D eigenvalue weighted by molar-refractivity contribution is 0.102. The zero-order chi connectivity index (χ0) is 14.0. The Morgan fingerprint density at radius 3 is 2.68 bits per heavy atom. The van der Waals surface area contributed by atoms with Gasteiger partial charge in [0.25, 0.3) is 5.91 Å². The number of carbonyl (C=O) groups is 1. The van der Waals surface area contributed by atoms with E-state index < -0.39 is 28.9 Å². The molecular formula is C12H10F3N3O. The predicted octanol–water partition coefficient (Wildman–Crippen LogP) is 2.64. The second-order valence-corrected chi connectivity index (χ2v) is 3.81. The Balaban J connectivity index is 2.23. The third-order valence-corrected chi connectivity index (χ3v) is 2.53. The molecule has 4 nitrogen and oxygen atoms in total. The van der Waals surface area contributed by atoms with Crippen molar-refractivity contribution in [2.45, 2.75) is 13.3 Å². The van der Waals surface area contributed by atoms with Crippen molar-refractivity contribution < 1.29 is 18.0 Å². The van der Waals surface area contributed by atoms with Crippen molar-refractivity contribution >= 4 is 11.7 Å². The minimum atomic E-state index is -1.68. The number of hydrogen-bond donors (Lipinski definition) is 2. The van der Waals surface area contributed by atoms with Gasteiger partial charge < -0.3 is 5.32 Å². The fourth-order valence-electron chi connectivity index (χ4n) is 1.49. The van der Waals surface area contributed by atoms with E-state index in [1.165, 1.54) is 0 Å². The van der Waals surface area contributed by atoms with Crippen LogP contribution in [0.5, 0.6) is 0 Å². The highest BCUT2D eigenvalue weighted by molar-refractivity contribution is 6.03. The standard InChI is InChI=1S/C12H10F3N3O/c1-2-6-5-9(18-17-6)16-12(19)7-3-4-8(13)11(15)10(7)14/h3-5H,2H2,1H3,(H2,16,17,18,19). The summed E-state index contributed by atoms with van der Waals surface area (Å²) in [5.41, 5.74) is 0.195. The Morgan fingerprint density at radius 1 is 1.32 bits per heavy atom. The molecule has 19 heavy (non-hydrogen) atoms. The maximum absolute atomic E-state index is 13.4. The summed E-state index contributed by atoms with van der Waals surface area (Å²) in [6, 6.07) is 3.13. The van der Waals surface area contributed by atoms with Crippen LogP contribution in [0.15, 0.2) is 18.2 Å². The summed E-state index contributed by atoms with van der Waals surface area (Å²) in [5.74, 6) is -5.26. The molecule has 0 aliphatic carbocycles. The fourth-order valence-corrected chi connectivity index (χ4v) is 1.49. The molecule has 1 heterocycles. The Labute approximate surface area is 106 Å². The van der Waals surface area contributed by atoms with Crippen LogP contribution >= 0.6 is 0 Å². The second kappa shape index (κ2) is 5.13. The third-order valence-electron chi connectivity index (χ3n) is 2.53. The zero-order valence-corrected chi connectivity index (χ0v) is 9.93. The molecule has 0 fully saturated rings. The molecule has 0 atom stereocenters. The number of anilines is 1. The van der Waals surface area contributed by atoms with Gasteiger partial charge in [-0.05, 0) is 18.6 Å². The number of aromatic nitrogens is 2. The first-order chi connectivity index (χ1) is 9.02. The van der Waals surface area contributed by atoms with Crippen LogP contribution in [0.3, 0.4) is 0 Å². The van der Waals surface area contributed by atoms with E-state index in [4.69, 9.17) is 0 Å². The van der Waals surface area contributed by atoms with E-state index in [1.54, 1.807) is 6.07 Å². The van der Waals surface area contributed by atoms with E-state index >= 15 is 0 Å². The molecule has 1 aromatic heterocycles. The molecule has 0 unspecified atom stereocenters. The second-order valence-electron chi connectivity index (χ2n) is 3.81.